The highest BCUT2D eigenvalue weighted by atomic mass is 16.5. The Bertz CT molecular complexity index is 1130. The van der Waals surface area contributed by atoms with Gasteiger partial charge < -0.3 is 10.1 Å². The average Bonchev–Trinajstić information content (AvgIpc) is 2.81. The SMILES string of the molecule is O=C(NCc1cccc(OCCCc2ccccc2)c1)c1ccc2ncccc2c1. The molecule has 1 aromatic heterocycles. The summed E-state index contributed by atoms with van der Waals surface area (Å²) in [5, 5.41) is 3.94. The van der Waals surface area contributed by atoms with E-state index in [0.717, 1.165) is 35.1 Å². The number of aryl methyl sites for hydroxylation is 1. The number of carbonyl (C=O) groups is 1. The Labute approximate surface area is 176 Å². The summed E-state index contributed by atoms with van der Waals surface area (Å²) in [6.45, 7) is 1.11. The van der Waals surface area contributed by atoms with Gasteiger partial charge in [-0.3, -0.25) is 9.78 Å². The molecule has 1 heterocycles. The Morgan fingerprint density at radius 2 is 1.73 bits per heavy atom. The Balaban J connectivity index is 1.28. The van der Waals surface area contributed by atoms with E-state index in [0.29, 0.717) is 18.7 Å². The van der Waals surface area contributed by atoms with Gasteiger partial charge in [-0.05, 0) is 60.4 Å². The van der Waals surface area contributed by atoms with Crippen molar-refractivity contribution >= 4 is 16.8 Å². The molecule has 150 valence electrons. The number of aromatic nitrogens is 1. The van der Waals surface area contributed by atoms with E-state index in [9.17, 15) is 4.79 Å². The van der Waals surface area contributed by atoms with Crippen molar-refractivity contribution in [1.29, 1.82) is 0 Å². The van der Waals surface area contributed by atoms with Gasteiger partial charge in [-0.1, -0.05) is 48.5 Å². The number of amides is 1. The summed E-state index contributed by atoms with van der Waals surface area (Å²) in [5.74, 6) is 0.724. The smallest absolute Gasteiger partial charge is 0.251 e. The van der Waals surface area contributed by atoms with Gasteiger partial charge in [0.2, 0.25) is 0 Å². The maximum atomic E-state index is 12.5. The number of hydrogen-bond acceptors (Lipinski definition) is 3. The second kappa shape index (κ2) is 9.70. The summed E-state index contributed by atoms with van der Waals surface area (Å²) in [6.07, 6.45) is 3.71. The van der Waals surface area contributed by atoms with Gasteiger partial charge in [0.25, 0.3) is 5.91 Å². The fraction of sp³-hybridized carbons (Fsp3) is 0.154. The van der Waals surface area contributed by atoms with Crippen LogP contribution in [0.15, 0.2) is 91.1 Å². The van der Waals surface area contributed by atoms with Gasteiger partial charge in [0.1, 0.15) is 5.75 Å². The van der Waals surface area contributed by atoms with Crippen molar-refractivity contribution in [3.8, 4) is 5.75 Å². The molecule has 0 aliphatic heterocycles. The Morgan fingerprint density at radius 1 is 0.867 bits per heavy atom. The van der Waals surface area contributed by atoms with Crippen molar-refractivity contribution in [2.75, 3.05) is 6.61 Å². The number of hydrogen-bond donors (Lipinski definition) is 1. The quantitative estimate of drug-likeness (QED) is 0.418. The molecule has 4 rings (SSSR count). The lowest BCUT2D eigenvalue weighted by Crippen LogP contribution is -2.22. The van der Waals surface area contributed by atoms with E-state index in [1.807, 2.05) is 54.6 Å². The van der Waals surface area contributed by atoms with Crippen molar-refractivity contribution in [2.45, 2.75) is 19.4 Å². The summed E-state index contributed by atoms with van der Waals surface area (Å²) in [6, 6.07) is 27.6. The van der Waals surface area contributed by atoms with E-state index >= 15 is 0 Å². The second-order valence-corrected chi connectivity index (χ2v) is 7.18. The Morgan fingerprint density at radius 3 is 2.63 bits per heavy atom. The molecule has 1 amide bonds. The zero-order valence-corrected chi connectivity index (χ0v) is 16.8. The van der Waals surface area contributed by atoms with E-state index in [-0.39, 0.29) is 5.91 Å². The molecule has 4 heteroatoms. The molecule has 1 N–H and O–H groups in total. The zero-order valence-electron chi connectivity index (χ0n) is 16.8. The van der Waals surface area contributed by atoms with Crippen LogP contribution in [-0.4, -0.2) is 17.5 Å². The first-order valence-corrected chi connectivity index (χ1v) is 10.2. The molecule has 30 heavy (non-hydrogen) atoms. The Hall–Kier alpha value is -3.66. The Kier molecular flexibility index (Phi) is 6.35. The lowest BCUT2D eigenvalue weighted by atomic mass is 10.1. The third-order valence-electron chi connectivity index (χ3n) is 4.94. The van der Waals surface area contributed by atoms with Gasteiger partial charge >= 0.3 is 0 Å². The topological polar surface area (TPSA) is 51.2 Å². The number of pyridine rings is 1. The van der Waals surface area contributed by atoms with Gasteiger partial charge in [-0.15, -0.1) is 0 Å². The van der Waals surface area contributed by atoms with Crippen LogP contribution in [0.5, 0.6) is 5.75 Å². The number of ether oxygens (including phenoxy) is 1. The van der Waals surface area contributed by atoms with Crippen LogP contribution >= 0.6 is 0 Å². The molecule has 0 radical (unpaired) electrons. The predicted molar refractivity (Wildman–Crippen MR) is 120 cm³/mol. The third-order valence-corrected chi connectivity index (χ3v) is 4.94. The molecule has 4 nitrogen and oxygen atoms in total. The molecule has 0 bridgehead atoms. The monoisotopic (exact) mass is 396 g/mol. The minimum absolute atomic E-state index is 0.102. The van der Waals surface area contributed by atoms with Crippen molar-refractivity contribution < 1.29 is 9.53 Å². The molecule has 0 spiro atoms. The summed E-state index contributed by atoms with van der Waals surface area (Å²) in [7, 11) is 0. The van der Waals surface area contributed by atoms with Crippen LogP contribution in [0, 0.1) is 0 Å². The summed E-state index contributed by atoms with van der Waals surface area (Å²) in [5.41, 5.74) is 3.84. The molecule has 0 fully saturated rings. The van der Waals surface area contributed by atoms with Gasteiger partial charge in [-0.25, -0.2) is 0 Å². The maximum Gasteiger partial charge on any atom is 0.251 e. The van der Waals surface area contributed by atoms with Crippen molar-refractivity contribution in [3.05, 3.63) is 108 Å². The third kappa shape index (κ3) is 5.23. The lowest BCUT2D eigenvalue weighted by molar-refractivity contribution is 0.0951. The van der Waals surface area contributed by atoms with Crippen molar-refractivity contribution in [2.24, 2.45) is 0 Å². The fourth-order valence-corrected chi connectivity index (χ4v) is 3.36. The van der Waals surface area contributed by atoms with Crippen LogP contribution in [-0.2, 0) is 13.0 Å². The molecule has 0 saturated heterocycles. The van der Waals surface area contributed by atoms with Crippen LogP contribution < -0.4 is 10.1 Å². The first-order chi connectivity index (χ1) is 14.8. The molecule has 0 aliphatic carbocycles. The number of benzene rings is 3. The molecule has 3 aromatic carbocycles. The van der Waals surface area contributed by atoms with E-state index < -0.39 is 0 Å². The van der Waals surface area contributed by atoms with Crippen LogP contribution in [0.2, 0.25) is 0 Å². The largest absolute Gasteiger partial charge is 0.494 e. The van der Waals surface area contributed by atoms with E-state index in [1.165, 1.54) is 5.56 Å². The standard InChI is InChI=1S/C26H24N2O2/c29-26(23-13-14-25-22(18-23)11-5-15-27-25)28-19-21-9-4-12-24(17-21)30-16-6-10-20-7-2-1-3-8-20/h1-5,7-9,11-15,17-18H,6,10,16,19H2,(H,28,29). The highest BCUT2D eigenvalue weighted by Crippen LogP contribution is 2.16. The number of rotatable bonds is 8. The number of nitrogens with zero attached hydrogens (tertiary/aromatic N) is 1. The summed E-state index contributed by atoms with van der Waals surface area (Å²) >= 11 is 0. The highest BCUT2D eigenvalue weighted by molar-refractivity contribution is 5.97. The minimum atomic E-state index is -0.102. The first-order valence-electron chi connectivity index (χ1n) is 10.2. The maximum absolute atomic E-state index is 12.5. The predicted octanol–water partition coefficient (Wildman–Crippen LogP) is 5.18. The second-order valence-electron chi connectivity index (χ2n) is 7.18. The first kappa shape index (κ1) is 19.6. The molecule has 4 aromatic rings. The molecule has 0 aliphatic rings. The van der Waals surface area contributed by atoms with E-state index in [4.69, 9.17) is 4.74 Å². The average molecular weight is 396 g/mol. The lowest BCUT2D eigenvalue weighted by Gasteiger charge is -2.10. The molecule has 0 unspecified atom stereocenters. The van der Waals surface area contributed by atoms with Crippen LogP contribution in [0.4, 0.5) is 0 Å². The van der Waals surface area contributed by atoms with E-state index in [2.05, 4.69) is 34.6 Å². The van der Waals surface area contributed by atoms with Gasteiger partial charge in [0.05, 0.1) is 12.1 Å². The number of fused-ring (bicyclic) bond motifs is 1. The minimum Gasteiger partial charge on any atom is -0.494 e. The molecule has 0 saturated carbocycles. The molecular weight excluding hydrogens is 372 g/mol. The van der Waals surface area contributed by atoms with Crippen LogP contribution in [0.3, 0.4) is 0 Å². The van der Waals surface area contributed by atoms with Gasteiger partial charge in [-0.2, -0.15) is 0 Å². The number of carbonyl (C=O) groups excluding carboxylic acids is 1. The fourth-order valence-electron chi connectivity index (χ4n) is 3.36. The van der Waals surface area contributed by atoms with Gasteiger partial charge in [0, 0.05) is 23.7 Å². The van der Waals surface area contributed by atoms with Crippen LogP contribution in [0.1, 0.15) is 27.9 Å². The van der Waals surface area contributed by atoms with Crippen molar-refractivity contribution in [3.63, 3.8) is 0 Å². The highest BCUT2D eigenvalue weighted by Gasteiger charge is 2.07. The summed E-state index contributed by atoms with van der Waals surface area (Å²) < 4.78 is 5.89. The van der Waals surface area contributed by atoms with Crippen molar-refractivity contribution in [1.82, 2.24) is 10.3 Å². The van der Waals surface area contributed by atoms with E-state index in [1.54, 1.807) is 12.3 Å². The number of nitrogens with one attached hydrogen (secondary N) is 1. The normalized spacial score (nSPS) is 10.7. The zero-order chi connectivity index (χ0) is 20.6. The van der Waals surface area contributed by atoms with Gasteiger partial charge in [0.15, 0.2) is 0 Å². The molecule has 0 atom stereocenters. The van der Waals surface area contributed by atoms with Crippen LogP contribution in [0.25, 0.3) is 10.9 Å². The molecular formula is C26H24N2O2. The summed E-state index contributed by atoms with van der Waals surface area (Å²) in [4.78, 5) is 16.8.